The Morgan fingerprint density at radius 1 is 1.16 bits per heavy atom. The van der Waals surface area contributed by atoms with Crippen molar-refractivity contribution in [2.75, 3.05) is 19.3 Å². The number of benzene rings is 2. The minimum absolute atomic E-state index is 0.537. The van der Waals surface area contributed by atoms with Crippen LogP contribution in [0.2, 0.25) is 0 Å². The van der Waals surface area contributed by atoms with E-state index < -0.39 is 21.8 Å². The summed E-state index contributed by atoms with van der Waals surface area (Å²) in [6.07, 6.45) is -1.31. The van der Waals surface area contributed by atoms with E-state index in [0.717, 1.165) is 23.6 Å². The molecule has 0 amide bonds. The first-order valence-electron chi connectivity index (χ1n) is 10.4. The Hall–Kier alpha value is -2.37. The van der Waals surface area contributed by atoms with E-state index in [4.69, 9.17) is 5.26 Å². The van der Waals surface area contributed by atoms with Gasteiger partial charge >= 0.3 is 6.18 Å². The average Bonchev–Trinajstić information content (AvgIpc) is 3.15. The Morgan fingerprint density at radius 3 is 2.22 bits per heavy atom. The zero-order valence-electron chi connectivity index (χ0n) is 19.2. The van der Waals surface area contributed by atoms with Crippen LogP contribution in [0.4, 0.5) is 13.2 Å². The number of sulfonamides is 1. The molecule has 3 rings (SSSR count). The molecule has 0 bridgehead atoms. The largest absolute Gasteiger partial charge is 0.416 e. The Morgan fingerprint density at radius 2 is 1.81 bits per heavy atom. The van der Waals surface area contributed by atoms with Crippen LogP contribution in [0.25, 0.3) is 0 Å². The number of nitriles is 1. The van der Waals surface area contributed by atoms with Crippen LogP contribution in [0.5, 0.6) is 0 Å². The van der Waals surface area contributed by atoms with Crippen molar-refractivity contribution in [3.8, 4) is 6.07 Å². The van der Waals surface area contributed by atoms with Crippen LogP contribution < -0.4 is 0 Å². The normalized spacial score (nSPS) is 16.3. The molecule has 32 heavy (non-hydrogen) atoms. The van der Waals surface area contributed by atoms with Crippen molar-refractivity contribution in [1.82, 2.24) is 4.31 Å². The van der Waals surface area contributed by atoms with Crippen molar-refractivity contribution >= 4 is 10.0 Å². The summed E-state index contributed by atoms with van der Waals surface area (Å²) < 4.78 is 59.7. The lowest BCUT2D eigenvalue weighted by Crippen LogP contribution is -2.27. The topological polar surface area (TPSA) is 61.2 Å². The highest BCUT2D eigenvalue weighted by atomic mass is 32.2. The number of halogens is 3. The zero-order chi connectivity index (χ0) is 24.5. The van der Waals surface area contributed by atoms with Crippen LogP contribution >= 0.6 is 0 Å². The summed E-state index contributed by atoms with van der Waals surface area (Å²) in [5.74, 6) is 0.537. The van der Waals surface area contributed by atoms with E-state index in [1.54, 1.807) is 6.07 Å². The van der Waals surface area contributed by atoms with Gasteiger partial charge in [-0.15, -0.1) is 0 Å². The number of nitrogens with zero attached hydrogens (tertiary/aromatic N) is 2. The van der Waals surface area contributed by atoms with Gasteiger partial charge in [-0.25, -0.2) is 12.7 Å². The lowest BCUT2D eigenvalue weighted by Gasteiger charge is -2.10. The first kappa shape index (κ1) is 27.7. The highest BCUT2D eigenvalue weighted by molar-refractivity contribution is 7.88. The summed E-state index contributed by atoms with van der Waals surface area (Å²) in [5, 5.41) is 8.56. The molecule has 0 aromatic heterocycles. The van der Waals surface area contributed by atoms with Gasteiger partial charge < -0.3 is 0 Å². The van der Waals surface area contributed by atoms with Crippen molar-refractivity contribution in [1.29, 1.82) is 5.26 Å². The average molecular weight is 469 g/mol. The number of alkyl halides is 3. The number of hydrogen-bond acceptors (Lipinski definition) is 3. The van der Waals surface area contributed by atoms with E-state index in [-0.39, 0.29) is 0 Å². The number of hydrogen-bond donors (Lipinski definition) is 0. The lowest BCUT2D eigenvalue weighted by atomic mass is 10.1. The predicted octanol–water partition coefficient (Wildman–Crippen LogP) is 5.73. The first-order chi connectivity index (χ1) is 14.8. The van der Waals surface area contributed by atoms with E-state index in [9.17, 15) is 21.6 Å². The van der Waals surface area contributed by atoms with Gasteiger partial charge in [0.15, 0.2) is 0 Å². The van der Waals surface area contributed by atoms with E-state index in [2.05, 4.69) is 13.0 Å². The Balaban J connectivity index is 0.000000241. The second-order valence-electron chi connectivity index (χ2n) is 8.00. The molecule has 2 aromatic rings. The van der Waals surface area contributed by atoms with Crippen LogP contribution in [0.3, 0.4) is 0 Å². The molecule has 1 aliphatic rings. The third-order valence-electron chi connectivity index (χ3n) is 5.02. The summed E-state index contributed by atoms with van der Waals surface area (Å²) in [5.41, 5.74) is 3.18. The summed E-state index contributed by atoms with van der Waals surface area (Å²) in [4.78, 5) is 0. The van der Waals surface area contributed by atoms with Crippen molar-refractivity contribution in [2.24, 2.45) is 5.92 Å². The molecule has 1 aliphatic heterocycles. The third kappa shape index (κ3) is 9.41. The predicted molar refractivity (Wildman–Crippen MR) is 122 cm³/mol. The molecule has 8 heteroatoms. The summed E-state index contributed by atoms with van der Waals surface area (Å²) in [6, 6.07) is 13.3. The molecule has 1 fully saturated rings. The highest BCUT2D eigenvalue weighted by Crippen LogP contribution is 2.29. The van der Waals surface area contributed by atoms with E-state index in [1.165, 1.54) is 28.3 Å². The number of aryl methyl sites for hydroxylation is 3. The molecule has 2 aromatic carbocycles. The van der Waals surface area contributed by atoms with Crippen molar-refractivity contribution in [3.63, 3.8) is 0 Å². The van der Waals surface area contributed by atoms with Gasteiger partial charge in [0.05, 0.1) is 23.5 Å². The molecule has 176 valence electrons. The zero-order valence-corrected chi connectivity index (χ0v) is 20.0. The molecule has 1 atom stereocenters. The maximum atomic E-state index is 12.1. The highest BCUT2D eigenvalue weighted by Gasteiger charge is 2.30. The van der Waals surface area contributed by atoms with Gasteiger partial charge in [-0.3, -0.25) is 0 Å². The first-order valence-corrected chi connectivity index (χ1v) is 12.2. The molecule has 1 heterocycles. The molecule has 1 unspecified atom stereocenters. The summed E-state index contributed by atoms with van der Waals surface area (Å²) in [6.45, 7) is 9.29. The van der Waals surface area contributed by atoms with Crippen LogP contribution in [-0.2, 0) is 22.6 Å². The molecule has 0 radical (unpaired) electrons. The smallest absolute Gasteiger partial charge is 0.213 e. The second kappa shape index (κ2) is 12.0. The molecular formula is C24H31F3N2O2S. The molecule has 0 N–H and O–H groups in total. The fraction of sp³-hybridized carbons (Fsp3) is 0.458. The van der Waals surface area contributed by atoms with E-state index in [1.807, 2.05) is 39.0 Å². The summed E-state index contributed by atoms with van der Waals surface area (Å²) in [7, 11) is -2.90. The van der Waals surface area contributed by atoms with Gasteiger partial charge in [-0.2, -0.15) is 18.4 Å². The lowest BCUT2D eigenvalue weighted by molar-refractivity contribution is -0.137. The van der Waals surface area contributed by atoms with E-state index in [0.29, 0.717) is 31.0 Å². The second-order valence-corrected chi connectivity index (χ2v) is 9.98. The Kier molecular flexibility index (Phi) is 10.4. The minimum atomic E-state index is -4.22. The van der Waals surface area contributed by atoms with Gasteiger partial charge in [-0.1, -0.05) is 49.7 Å². The van der Waals surface area contributed by atoms with Crippen molar-refractivity contribution in [2.45, 2.75) is 46.7 Å². The van der Waals surface area contributed by atoms with Gasteiger partial charge in [0.25, 0.3) is 0 Å². The molecule has 0 saturated carbocycles. The third-order valence-corrected chi connectivity index (χ3v) is 6.29. The van der Waals surface area contributed by atoms with Crippen LogP contribution in [0.1, 0.15) is 48.1 Å². The van der Waals surface area contributed by atoms with Gasteiger partial charge in [0.2, 0.25) is 10.0 Å². The van der Waals surface area contributed by atoms with Crippen LogP contribution in [-0.4, -0.2) is 32.1 Å². The SMILES string of the molecule is CC1CCN(S(C)(=O)=O)C1.CCc1cccc(C(F)(F)F)c1.Cc1ccc(C#N)c(C)c1. The Labute approximate surface area is 189 Å². The standard InChI is InChI=1S/C9H9F3.C9H9N.C6H13NO2S/c1-2-7-4-3-5-8(6-7)9(10,11)12;1-7-3-4-9(6-10)8(2)5-7;1-6-3-4-7(5-6)10(2,8)9/h3-6H,2H2,1H3;3-5H,1-2H3;6H,3-5H2,1-2H3. The maximum absolute atomic E-state index is 12.1. The fourth-order valence-corrected chi connectivity index (χ4v) is 4.06. The van der Waals surface area contributed by atoms with Crippen molar-refractivity contribution in [3.05, 3.63) is 70.3 Å². The molecule has 0 aliphatic carbocycles. The number of rotatable bonds is 2. The van der Waals surface area contributed by atoms with Crippen LogP contribution in [0.15, 0.2) is 42.5 Å². The van der Waals surface area contributed by atoms with Crippen LogP contribution in [0, 0.1) is 31.1 Å². The molecular weight excluding hydrogens is 437 g/mol. The summed E-state index contributed by atoms with van der Waals surface area (Å²) >= 11 is 0. The minimum Gasteiger partial charge on any atom is -0.213 e. The quantitative estimate of drug-likeness (QED) is 0.565. The van der Waals surface area contributed by atoms with Gasteiger partial charge in [0, 0.05) is 13.1 Å². The molecule has 1 saturated heterocycles. The van der Waals surface area contributed by atoms with Gasteiger partial charge in [-0.05, 0) is 55.9 Å². The fourth-order valence-electron chi connectivity index (χ4n) is 3.10. The monoisotopic (exact) mass is 468 g/mol. The Bertz CT molecular complexity index is 1030. The van der Waals surface area contributed by atoms with Gasteiger partial charge in [0.1, 0.15) is 0 Å². The van der Waals surface area contributed by atoms with E-state index >= 15 is 0 Å². The van der Waals surface area contributed by atoms with Crippen molar-refractivity contribution < 1.29 is 21.6 Å². The maximum Gasteiger partial charge on any atom is 0.416 e. The molecule has 4 nitrogen and oxygen atoms in total. The molecule has 0 spiro atoms.